The monoisotopic (exact) mass is 524 g/mol. The van der Waals surface area contributed by atoms with Crippen molar-refractivity contribution in [3.63, 3.8) is 0 Å². The first kappa shape index (κ1) is 25.4. The number of halogens is 1. The van der Waals surface area contributed by atoms with Gasteiger partial charge in [0.05, 0.1) is 30.9 Å². The fourth-order valence-corrected chi connectivity index (χ4v) is 4.35. The number of amides is 3. The van der Waals surface area contributed by atoms with E-state index in [9.17, 15) is 23.9 Å². The average molecular weight is 525 g/mol. The highest BCUT2D eigenvalue weighted by Crippen LogP contribution is 2.25. The number of nitrogens with one attached hydrogen (secondary N) is 1. The molecule has 0 aliphatic carbocycles. The molecule has 0 saturated carbocycles. The van der Waals surface area contributed by atoms with Crippen LogP contribution in [0.25, 0.3) is 10.9 Å². The van der Waals surface area contributed by atoms with Crippen molar-refractivity contribution in [3.05, 3.63) is 54.0 Å². The Morgan fingerprint density at radius 3 is 2.71 bits per heavy atom. The topological polar surface area (TPSA) is 160 Å². The molecule has 2 fully saturated rings. The summed E-state index contributed by atoms with van der Waals surface area (Å²) in [6, 6.07) is 8.57. The third-order valence-corrected chi connectivity index (χ3v) is 6.33. The number of hydrogen-bond donors (Lipinski definition) is 3. The minimum absolute atomic E-state index is 0.0135. The molecule has 13 heteroatoms. The lowest BCUT2D eigenvalue weighted by molar-refractivity contribution is -0.150. The fraction of sp³-hybridized carbons (Fsp3) is 0.320. The molecular weight excluding hydrogens is 499 g/mol. The van der Waals surface area contributed by atoms with Gasteiger partial charge in [0.25, 0.3) is 17.7 Å². The molecule has 2 atom stereocenters. The molecule has 1 aromatic heterocycles. The number of aliphatic hydroxyl groups excluding tert-OH is 1. The van der Waals surface area contributed by atoms with Crippen molar-refractivity contribution in [2.75, 3.05) is 55.4 Å². The molecule has 0 bridgehead atoms. The first-order valence-corrected chi connectivity index (χ1v) is 11.9. The van der Waals surface area contributed by atoms with Crippen LogP contribution in [-0.2, 0) is 19.1 Å². The number of rotatable bonds is 5. The number of carbonyl (C=O) groups excluding carboxylic acids is 3. The van der Waals surface area contributed by atoms with Crippen molar-refractivity contribution in [2.24, 2.45) is 0 Å². The Labute approximate surface area is 216 Å². The number of aromatic nitrogens is 2. The van der Waals surface area contributed by atoms with Gasteiger partial charge in [0.15, 0.2) is 12.2 Å². The summed E-state index contributed by atoms with van der Waals surface area (Å²) in [5.41, 5.74) is 6.57. The second-order valence-electron chi connectivity index (χ2n) is 8.79. The molecule has 38 heavy (non-hydrogen) atoms. The number of carbonyl (C=O) groups is 3. The van der Waals surface area contributed by atoms with Crippen LogP contribution in [0.5, 0.6) is 0 Å². The molecule has 0 radical (unpaired) electrons. The molecular formula is C25H25FN6O6. The first-order chi connectivity index (χ1) is 18.3. The maximum Gasteiger partial charge on any atom is 0.259 e. The second kappa shape index (κ2) is 10.7. The van der Waals surface area contributed by atoms with Crippen LogP contribution in [0, 0.1) is 5.82 Å². The van der Waals surface area contributed by atoms with Crippen LogP contribution >= 0.6 is 0 Å². The number of nitrogens with zero attached hydrogens (tertiary/aromatic N) is 4. The van der Waals surface area contributed by atoms with Crippen LogP contribution in [-0.4, -0.2) is 89.4 Å². The van der Waals surface area contributed by atoms with E-state index in [0.29, 0.717) is 42.9 Å². The number of nitrogen functional groups attached to an aromatic ring is 1. The first-order valence-electron chi connectivity index (χ1n) is 11.9. The Balaban J connectivity index is 1.30. The minimum Gasteiger partial charge on any atom is -0.380 e. The summed E-state index contributed by atoms with van der Waals surface area (Å²) >= 11 is 0. The molecule has 198 valence electrons. The normalized spacial score (nSPS) is 18.9. The largest absolute Gasteiger partial charge is 0.380 e. The van der Waals surface area contributed by atoms with Gasteiger partial charge in [0.1, 0.15) is 5.82 Å². The number of anilines is 3. The lowest BCUT2D eigenvalue weighted by Gasteiger charge is -2.34. The van der Waals surface area contributed by atoms with E-state index in [-0.39, 0.29) is 30.4 Å². The van der Waals surface area contributed by atoms with Crippen molar-refractivity contribution < 1.29 is 33.4 Å². The van der Waals surface area contributed by atoms with Crippen LogP contribution in [0.4, 0.5) is 21.7 Å². The maximum absolute atomic E-state index is 14.6. The van der Waals surface area contributed by atoms with E-state index >= 15 is 0 Å². The molecule has 12 nitrogen and oxygen atoms in total. The Morgan fingerprint density at radius 1 is 1.13 bits per heavy atom. The molecule has 2 aromatic carbocycles. The van der Waals surface area contributed by atoms with E-state index < -0.39 is 35.7 Å². The molecule has 2 aliphatic heterocycles. The predicted molar refractivity (Wildman–Crippen MR) is 134 cm³/mol. The number of fused-ring (bicyclic) bond motifs is 1. The van der Waals surface area contributed by atoms with Gasteiger partial charge in [-0.1, -0.05) is 0 Å². The summed E-state index contributed by atoms with van der Waals surface area (Å²) in [4.78, 5) is 49.6. The van der Waals surface area contributed by atoms with Gasteiger partial charge < -0.3 is 35.4 Å². The van der Waals surface area contributed by atoms with Gasteiger partial charge in [-0.05, 0) is 36.4 Å². The Morgan fingerprint density at radius 2 is 1.92 bits per heavy atom. The summed E-state index contributed by atoms with van der Waals surface area (Å²) in [5, 5.41) is 13.9. The van der Waals surface area contributed by atoms with E-state index in [4.69, 9.17) is 15.2 Å². The molecule has 3 aromatic rings. The van der Waals surface area contributed by atoms with Gasteiger partial charge in [0.2, 0.25) is 5.95 Å². The average Bonchev–Trinajstić information content (AvgIpc) is 2.93. The smallest absolute Gasteiger partial charge is 0.259 e. The highest BCUT2D eigenvalue weighted by molar-refractivity contribution is 6.05. The number of morpholine rings is 2. The lowest BCUT2D eigenvalue weighted by Crippen LogP contribution is -2.55. The van der Waals surface area contributed by atoms with Crippen molar-refractivity contribution in [2.45, 2.75) is 12.2 Å². The number of nitrogens with two attached hydrogens (primary N) is 1. The number of benzene rings is 2. The second-order valence-corrected chi connectivity index (χ2v) is 8.79. The molecule has 4 N–H and O–H groups in total. The molecule has 0 spiro atoms. The van der Waals surface area contributed by atoms with Crippen LogP contribution in [0.3, 0.4) is 0 Å². The zero-order chi connectivity index (χ0) is 26.8. The summed E-state index contributed by atoms with van der Waals surface area (Å²) in [7, 11) is 0. The SMILES string of the molecule is Nc1ncc2cc(NC(=O)C(O)[C@H]3OCCN(c4ccc(F)c(C(=O)N5CCOCC5)c4)C3=O)ccc2n1. The molecule has 1 unspecified atom stereocenters. The fourth-order valence-electron chi connectivity index (χ4n) is 4.35. The van der Waals surface area contributed by atoms with Gasteiger partial charge in [0, 0.05) is 42.6 Å². The van der Waals surface area contributed by atoms with Gasteiger partial charge in [-0.25, -0.2) is 14.4 Å². The highest BCUT2D eigenvalue weighted by Gasteiger charge is 2.39. The van der Waals surface area contributed by atoms with Crippen molar-refractivity contribution >= 4 is 45.9 Å². The molecule has 2 aliphatic rings. The van der Waals surface area contributed by atoms with Crippen molar-refractivity contribution in [1.29, 1.82) is 0 Å². The summed E-state index contributed by atoms with van der Waals surface area (Å²) in [6.07, 6.45) is -1.84. The van der Waals surface area contributed by atoms with Crippen molar-refractivity contribution in [1.82, 2.24) is 14.9 Å². The highest BCUT2D eigenvalue weighted by atomic mass is 19.1. The molecule has 2 saturated heterocycles. The van der Waals surface area contributed by atoms with Crippen LogP contribution in [0.2, 0.25) is 0 Å². The maximum atomic E-state index is 14.6. The quantitative estimate of drug-likeness (QED) is 0.433. The third-order valence-electron chi connectivity index (χ3n) is 6.33. The summed E-state index contributed by atoms with van der Waals surface area (Å²) in [5.74, 6) is -2.67. The number of ether oxygens (including phenoxy) is 2. The molecule has 5 rings (SSSR count). The molecule has 3 heterocycles. The van der Waals surface area contributed by atoms with E-state index in [1.54, 1.807) is 18.2 Å². The lowest BCUT2D eigenvalue weighted by atomic mass is 10.1. The number of aliphatic hydroxyl groups is 1. The zero-order valence-corrected chi connectivity index (χ0v) is 20.2. The zero-order valence-electron chi connectivity index (χ0n) is 20.2. The summed E-state index contributed by atoms with van der Waals surface area (Å²) in [6.45, 7) is 1.49. The van der Waals surface area contributed by atoms with E-state index in [1.165, 1.54) is 28.1 Å². The van der Waals surface area contributed by atoms with Gasteiger partial charge >= 0.3 is 0 Å². The van der Waals surface area contributed by atoms with Gasteiger partial charge in [-0.3, -0.25) is 14.4 Å². The molecule has 3 amide bonds. The van der Waals surface area contributed by atoms with Crippen LogP contribution < -0.4 is 16.0 Å². The number of hydrogen-bond acceptors (Lipinski definition) is 9. The minimum atomic E-state index is -1.83. The Bertz CT molecular complexity index is 1400. The summed E-state index contributed by atoms with van der Waals surface area (Å²) < 4.78 is 25.2. The standard InChI is InChI=1S/C25H25FN6O6/c26-18-3-2-16(12-17(18)23(35)31-5-8-37-9-6-31)32-7-10-38-21(24(32)36)20(33)22(34)29-15-1-4-19-14(11-15)13-28-25(27)30-19/h1-4,11-13,20-21,33H,5-10H2,(H,29,34)(H2,27,28,30)/t20?,21-/m1/s1. The van der Waals surface area contributed by atoms with Gasteiger partial charge in [-0.15, -0.1) is 0 Å². The van der Waals surface area contributed by atoms with E-state index in [1.807, 2.05) is 0 Å². The third kappa shape index (κ3) is 5.11. The van der Waals surface area contributed by atoms with Crippen LogP contribution in [0.15, 0.2) is 42.6 Å². The van der Waals surface area contributed by atoms with Crippen molar-refractivity contribution in [3.8, 4) is 0 Å². The van der Waals surface area contributed by atoms with E-state index in [2.05, 4.69) is 15.3 Å². The predicted octanol–water partition coefficient (Wildman–Crippen LogP) is 0.555. The van der Waals surface area contributed by atoms with Gasteiger partial charge in [-0.2, -0.15) is 0 Å². The van der Waals surface area contributed by atoms with Crippen LogP contribution in [0.1, 0.15) is 10.4 Å². The van der Waals surface area contributed by atoms with E-state index in [0.717, 1.165) is 6.07 Å². The Kier molecular flexibility index (Phi) is 7.13. The Hall–Kier alpha value is -4.20.